The van der Waals surface area contributed by atoms with Crippen molar-refractivity contribution < 1.29 is 4.79 Å². The van der Waals surface area contributed by atoms with Crippen LogP contribution in [-0.2, 0) is 11.3 Å². The van der Waals surface area contributed by atoms with Crippen molar-refractivity contribution in [3.05, 3.63) is 20.8 Å². The van der Waals surface area contributed by atoms with Crippen molar-refractivity contribution in [1.82, 2.24) is 4.90 Å². The van der Waals surface area contributed by atoms with Crippen LogP contribution in [0.15, 0.2) is 15.9 Å². The lowest BCUT2D eigenvalue weighted by atomic mass is 10.1. The van der Waals surface area contributed by atoms with Crippen molar-refractivity contribution >= 4 is 33.2 Å². The van der Waals surface area contributed by atoms with Gasteiger partial charge in [-0.25, -0.2) is 0 Å². The number of likely N-dealkylation sites (N-methyl/N-ethyl adjacent to an activating group) is 1. The minimum Gasteiger partial charge on any atom is -0.370 e. The lowest BCUT2D eigenvalue weighted by Crippen LogP contribution is -2.40. The standard InChI is InChI=1S/C10H16BrN3OS/c1-14(8(4-12)3-10(13)15)5-9-2-7(11)6-16-9/h2,6,8H,3-5,12H2,1H3,(H2,13,15). The smallest absolute Gasteiger partial charge is 0.219 e. The summed E-state index contributed by atoms with van der Waals surface area (Å²) in [5, 5.41) is 2.04. The van der Waals surface area contributed by atoms with Crippen LogP contribution in [0.1, 0.15) is 11.3 Å². The normalized spacial score (nSPS) is 13.0. The number of nitrogens with zero attached hydrogens (tertiary/aromatic N) is 1. The first-order valence-electron chi connectivity index (χ1n) is 4.94. The van der Waals surface area contributed by atoms with E-state index in [-0.39, 0.29) is 11.9 Å². The van der Waals surface area contributed by atoms with Crippen LogP contribution in [0.2, 0.25) is 0 Å². The highest BCUT2D eigenvalue weighted by molar-refractivity contribution is 9.10. The summed E-state index contributed by atoms with van der Waals surface area (Å²) in [6, 6.07) is 2.08. The van der Waals surface area contributed by atoms with Gasteiger partial charge in [-0.05, 0) is 29.0 Å². The van der Waals surface area contributed by atoms with Crippen LogP contribution in [-0.4, -0.2) is 30.4 Å². The molecule has 0 aliphatic carbocycles. The number of carbonyl (C=O) groups is 1. The molecule has 0 saturated carbocycles. The Morgan fingerprint density at radius 3 is 2.81 bits per heavy atom. The predicted octanol–water partition coefficient (Wildman–Crippen LogP) is 1.15. The fourth-order valence-corrected chi connectivity index (χ4v) is 2.98. The Bertz CT molecular complexity index is 356. The first kappa shape index (κ1) is 13.6. The molecule has 0 spiro atoms. The van der Waals surface area contributed by atoms with Gasteiger partial charge in [0.15, 0.2) is 0 Å². The molecule has 0 saturated heterocycles. The monoisotopic (exact) mass is 305 g/mol. The highest BCUT2D eigenvalue weighted by Crippen LogP contribution is 2.21. The maximum absolute atomic E-state index is 10.9. The fraction of sp³-hybridized carbons (Fsp3) is 0.500. The van der Waals surface area contributed by atoms with E-state index in [9.17, 15) is 4.79 Å². The van der Waals surface area contributed by atoms with Crippen LogP contribution < -0.4 is 11.5 Å². The lowest BCUT2D eigenvalue weighted by Gasteiger charge is -2.25. The number of nitrogens with two attached hydrogens (primary N) is 2. The molecule has 0 aromatic carbocycles. The highest BCUT2D eigenvalue weighted by Gasteiger charge is 2.16. The highest BCUT2D eigenvalue weighted by atomic mass is 79.9. The van der Waals surface area contributed by atoms with Gasteiger partial charge in [0.05, 0.1) is 0 Å². The second-order valence-corrected chi connectivity index (χ2v) is 5.62. The largest absolute Gasteiger partial charge is 0.370 e. The van der Waals surface area contributed by atoms with Gasteiger partial charge in [0.1, 0.15) is 0 Å². The van der Waals surface area contributed by atoms with Gasteiger partial charge in [0.25, 0.3) is 0 Å². The molecule has 16 heavy (non-hydrogen) atoms. The molecule has 1 rings (SSSR count). The minimum atomic E-state index is -0.310. The molecule has 1 aromatic heterocycles. The zero-order valence-corrected chi connectivity index (χ0v) is 11.6. The number of hydrogen-bond acceptors (Lipinski definition) is 4. The Morgan fingerprint density at radius 2 is 2.38 bits per heavy atom. The van der Waals surface area contributed by atoms with Gasteiger partial charge in [0.2, 0.25) is 5.91 Å². The fourth-order valence-electron chi connectivity index (χ4n) is 1.46. The van der Waals surface area contributed by atoms with E-state index in [4.69, 9.17) is 11.5 Å². The van der Waals surface area contributed by atoms with Gasteiger partial charge in [-0.15, -0.1) is 11.3 Å². The average Bonchev–Trinajstić information content (AvgIpc) is 2.60. The minimum absolute atomic E-state index is 0.0124. The summed E-state index contributed by atoms with van der Waals surface area (Å²) in [5.41, 5.74) is 10.8. The summed E-state index contributed by atoms with van der Waals surface area (Å²) < 4.78 is 1.08. The van der Waals surface area contributed by atoms with Gasteiger partial charge in [0, 0.05) is 40.3 Å². The van der Waals surface area contributed by atoms with E-state index in [1.807, 2.05) is 12.4 Å². The summed E-state index contributed by atoms with van der Waals surface area (Å²) in [4.78, 5) is 14.2. The molecular weight excluding hydrogens is 290 g/mol. The summed E-state index contributed by atoms with van der Waals surface area (Å²) in [7, 11) is 1.95. The van der Waals surface area contributed by atoms with E-state index in [1.54, 1.807) is 11.3 Å². The van der Waals surface area contributed by atoms with E-state index >= 15 is 0 Å². The molecule has 1 aromatic rings. The first-order valence-corrected chi connectivity index (χ1v) is 6.61. The summed E-state index contributed by atoms with van der Waals surface area (Å²) >= 11 is 5.09. The number of thiophene rings is 1. The molecule has 0 radical (unpaired) electrons. The molecule has 1 unspecified atom stereocenters. The summed E-state index contributed by atoms with van der Waals surface area (Å²) in [5.74, 6) is -0.310. The van der Waals surface area contributed by atoms with Crippen LogP contribution >= 0.6 is 27.3 Å². The molecule has 1 heterocycles. The zero-order chi connectivity index (χ0) is 12.1. The van der Waals surface area contributed by atoms with Crippen molar-refractivity contribution in [1.29, 1.82) is 0 Å². The third-order valence-electron chi connectivity index (χ3n) is 2.36. The van der Waals surface area contributed by atoms with Crippen molar-refractivity contribution in [2.24, 2.45) is 11.5 Å². The van der Waals surface area contributed by atoms with Crippen LogP contribution in [0.4, 0.5) is 0 Å². The maximum Gasteiger partial charge on any atom is 0.219 e. The first-order chi connectivity index (χ1) is 7.52. The Hall–Kier alpha value is -0.430. The van der Waals surface area contributed by atoms with E-state index in [0.717, 1.165) is 11.0 Å². The molecule has 6 heteroatoms. The summed E-state index contributed by atoms with van der Waals surface area (Å²) in [6.07, 6.45) is 0.305. The van der Waals surface area contributed by atoms with Gasteiger partial charge >= 0.3 is 0 Å². The van der Waals surface area contributed by atoms with Crippen molar-refractivity contribution in [2.75, 3.05) is 13.6 Å². The summed E-state index contributed by atoms with van der Waals surface area (Å²) in [6.45, 7) is 1.22. The molecule has 4 nitrogen and oxygen atoms in total. The van der Waals surface area contributed by atoms with Crippen LogP contribution in [0.25, 0.3) is 0 Å². The molecule has 0 aliphatic rings. The molecule has 0 aliphatic heterocycles. The van der Waals surface area contributed by atoms with E-state index in [1.165, 1.54) is 4.88 Å². The topological polar surface area (TPSA) is 72.3 Å². The van der Waals surface area contributed by atoms with Gasteiger partial charge < -0.3 is 11.5 Å². The molecule has 90 valence electrons. The van der Waals surface area contributed by atoms with Gasteiger partial charge in [-0.3, -0.25) is 9.69 Å². The molecule has 0 fully saturated rings. The van der Waals surface area contributed by atoms with Gasteiger partial charge in [-0.2, -0.15) is 0 Å². The number of primary amides is 1. The van der Waals surface area contributed by atoms with Crippen molar-refractivity contribution in [2.45, 2.75) is 19.0 Å². The number of amides is 1. The number of carbonyl (C=O) groups excluding carboxylic acids is 1. The second kappa shape index (κ2) is 6.34. The van der Waals surface area contributed by atoms with Crippen LogP contribution in [0.5, 0.6) is 0 Å². The van der Waals surface area contributed by atoms with Crippen LogP contribution in [0.3, 0.4) is 0 Å². The van der Waals surface area contributed by atoms with E-state index in [0.29, 0.717) is 13.0 Å². The van der Waals surface area contributed by atoms with Crippen molar-refractivity contribution in [3.8, 4) is 0 Å². The Kier molecular flexibility index (Phi) is 5.40. The quantitative estimate of drug-likeness (QED) is 0.828. The molecule has 1 atom stereocenters. The second-order valence-electron chi connectivity index (χ2n) is 3.71. The van der Waals surface area contributed by atoms with E-state index < -0.39 is 0 Å². The molecule has 1 amide bonds. The SMILES string of the molecule is CN(Cc1cc(Br)cs1)C(CN)CC(N)=O. The van der Waals surface area contributed by atoms with E-state index in [2.05, 4.69) is 26.9 Å². The molecular formula is C10H16BrN3OS. The molecule has 0 bridgehead atoms. The number of hydrogen-bond donors (Lipinski definition) is 2. The lowest BCUT2D eigenvalue weighted by molar-refractivity contribution is -0.119. The molecule has 4 N–H and O–H groups in total. The Balaban J connectivity index is 2.55. The third kappa shape index (κ3) is 4.21. The maximum atomic E-state index is 10.9. The Morgan fingerprint density at radius 1 is 1.69 bits per heavy atom. The Labute approximate surface area is 108 Å². The average molecular weight is 306 g/mol. The van der Waals surface area contributed by atoms with Crippen molar-refractivity contribution in [3.63, 3.8) is 0 Å². The third-order valence-corrected chi connectivity index (χ3v) is 4.04. The predicted molar refractivity (Wildman–Crippen MR) is 70.1 cm³/mol. The number of halogens is 1. The van der Waals surface area contributed by atoms with Gasteiger partial charge in [-0.1, -0.05) is 0 Å². The number of rotatable bonds is 6. The zero-order valence-electron chi connectivity index (χ0n) is 9.15. The van der Waals surface area contributed by atoms with Crippen LogP contribution in [0, 0.1) is 0 Å².